The number of carbonyl (C=O) groups is 1. The number of hydrazine groups is 1. The molecule has 0 unspecified atom stereocenters. The number of benzene rings is 1. The van der Waals surface area contributed by atoms with E-state index in [1.807, 2.05) is 0 Å². The lowest BCUT2D eigenvalue weighted by molar-refractivity contribution is 0.0697. The van der Waals surface area contributed by atoms with Crippen molar-refractivity contribution in [1.82, 2.24) is 0 Å². The minimum atomic E-state index is -0.955. The van der Waals surface area contributed by atoms with Crippen LogP contribution in [0.15, 0.2) is 36.2 Å². The second kappa shape index (κ2) is 6.66. The van der Waals surface area contributed by atoms with Gasteiger partial charge in [-0.3, -0.25) is 5.01 Å². The number of carboxylic acids is 1. The molecule has 0 aromatic heterocycles. The third-order valence-corrected chi connectivity index (χ3v) is 2.54. The van der Waals surface area contributed by atoms with E-state index in [0.29, 0.717) is 11.4 Å². The Morgan fingerprint density at radius 2 is 2.00 bits per heavy atom. The summed E-state index contributed by atoms with van der Waals surface area (Å²) in [6, 6.07) is 6.31. The van der Waals surface area contributed by atoms with Crippen molar-refractivity contribution in [2.24, 2.45) is 11.6 Å². The summed E-state index contributed by atoms with van der Waals surface area (Å²) in [7, 11) is 0. The summed E-state index contributed by atoms with van der Waals surface area (Å²) in [6.07, 6.45) is 4.56. The zero-order chi connectivity index (χ0) is 13.5. The molecule has 5 nitrogen and oxygen atoms in total. The maximum Gasteiger partial charge on any atom is 0.335 e. The molecule has 0 radical (unpaired) electrons. The monoisotopic (exact) mass is 249 g/mol. The van der Waals surface area contributed by atoms with Crippen molar-refractivity contribution in [3.05, 3.63) is 41.7 Å². The van der Waals surface area contributed by atoms with Gasteiger partial charge in [0.1, 0.15) is 0 Å². The van der Waals surface area contributed by atoms with Gasteiger partial charge in [0, 0.05) is 11.9 Å². The lowest BCUT2D eigenvalue weighted by Gasteiger charge is -2.15. The van der Waals surface area contributed by atoms with Gasteiger partial charge in [0.25, 0.3) is 0 Å². The number of unbranched alkanes of at least 4 members (excludes halogenated alkanes) is 1. The van der Waals surface area contributed by atoms with Crippen LogP contribution < -0.4 is 16.6 Å². The van der Waals surface area contributed by atoms with Crippen LogP contribution in [-0.4, -0.2) is 11.1 Å². The molecule has 0 atom stereocenters. The van der Waals surface area contributed by atoms with Crippen LogP contribution in [0, 0.1) is 0 Å². The Morgan fingerprint density at radius 3 is 2.50 bits per heavy atom. The summed E-state index contributed by atoms with van der Waals surface area (Å²) in [4.78, 5) is 10.7. The largest absolute Gasteiger partial charge is 0.478 e. The zero-order valence-electron chi connectivity index (χ0n) is 10.5. The summed E-state index contributed by atoms with van der Waals surface area (Å²) >= 11 is 0. The third kappa shape index (κ3) is 4.10. The van der Waals surface area contributed by atoms with Crippen molar-refractivity contribution in [3.63, 3.8) is 0 Å². The Bertz CT molecular complexity index is 426. The van der Waals surface area contributed by atoms with E-state index < -0.39 is 5.97 Å². The van der Waals surface area contributed by atoms with Gasteiger partial charge in [-0.15, -0.1) is 0 Å². The number of nitrogens with two attached hydrogens (primary N) is 2. The fraction of sp³-hybridized carbons (Fsp3) is 0.308. The van der Waals surface area contributed by atoms with Gasteiger partial charge < -0.3 is 10.8 Å². The van der Waals surface area contributed by atoms with Crippen LogP contribution in [0.2, 0.25) is 0 Å². The van der Waals surface area contributed by atoms with Crippen molar-refractivity contribution in [3.8, 4) is 0 Å². The molecule has 0 heterocycles. The lowest BCUT2D eigenvalue weighted by Crippen LogP contribution is -2.26. The number of allylic oxidation sites excluding steroid dienone is 1. The smallest absolute Gasteiger partial charge is 0.335 e. The molecule has 1 aromatic rings. The fourth-order valence-electron chi connectivity index (χ4n) is 1.47. The molecule has 0 aliphatic rings. The second-order valence-corrected chi connectivity index (χ2v) is 4.07. The molecule has 1 aromatic carbocycles. The van der Waals surface area contributed by atoms with E-state index in [2.05, 4.69) is 6.92 Å². The number of nitrogens with zero attached hydrogens (tertiary/aromatic N) is 1. The maximum absolute atomic E-state index is 10.7. The minimum absolute atomic E-state index is 0.232. The average Bonchev–Trinajstić information content (AvgIpc) is 2.36. The molecule has 0 amide bonds. The van der Waals surface area contributed by atoms with E-state index in [1.165, 1.54) is 17.1 Å². The molecule has 0 spiro atoms. The Labute approximate surface area is 107 Å². The summed E-state index contributed by atoms with van der Waals surface area (Å²) < 4.78 is 0. The van der Waals surface area contributed by atoms with Gasteiger partial charge in [0.15, 0.2) is 0 Å². The number of anilines is 1. The van der Waals surface area contributed by atoms with Gasteiger partial charge in [-0.05, 0) is 37.1 Å². The molecule has 0 aliphatic carbocycles. The highest BCUT2D eigenvalue weighted by Gasteiger charge is 2.04. The van der Waals surface area contributed by atoms with Crippen LogP contribution >= 0.6 is 0 Å². The number of rotatable bonds is 6. The number of hydrogen-bond donors (Lipinski definition) is 3. The Hall–Kier alpha value is -2.01. The van der Waals surface area contributed by atoms with Crippen LogP contribution in [-0.2, 0) is 0 Å². The number of aromatic carboxylic acids is 1. The first-order chi connectivity index (χ1) is 8.54. The van der Waals surface area contributed by atoms with Crippen LogP contribution in [0.1, 0.15) is 36.5 Å². The van der Waals surface area contributed by atoms with E-state index in [-0.39, 0.29) is 5.56 Å². The molecular weight excluding hydrogens is 230 g/mol. The minimum Gasteiger partial charge on any atom is -0.478 e. The molecule has 5 N–H and O–H groups in total. The molecule has 0 saturated carbocycles. The standard InChI is InChI=1S/C13H19N3O2/c1-2-3-4-11(14)9-16(15)12-7-5-10(6-8-12)13(17)18/h5-9H,2-4,14-15H2,1H3,(H,17,18)/b11-9-. The van der Waals surface area contributed by atoms with Crippen molar-refractivity contribution >= 4 is 11.7 Å². The van der Waals surface area contributed by atoms with Gasteiger partial charge in [0.05, 0.1) is 11.3 Å². The van der Waals surface area contributed by atoms with Crippen LogP contribution in [0.5, 0.6) is 0 Å². The number of hydrogen-bond acceptors (Lipinski definition) is 4. The highest BCUT2D eigenvalue weighted by Crippen LogP contribution is 2.14. The van der Waals surface area contributed by atoms with Crippen LogP contribution in [0.25, 0.3) is 0 Å². The van der Waals surface area contributed by atoms with E-state index in [9.17, 15) is 4.79 Å². The van der Waals surface area contributed by atoms with Gasteiger partial charge in [-0.25, -0.2) is 10.6 Å². The summed E-state index contributed by atoms with van der Waals surface area (Å²) in [5, 5.41) is 10.2. The predicted molar refractivity (Wildman–Crippen MR) is 71.9 cm³/mol. The van der Waals surface area contributed by atoms with Crippen molar-refractivity contribution < 1.29 is 9.90 Å². The van der Waals surface area contributed by atoms with Crippen molar-refractivity contribution in [2.45, 2.75) is 26.2 Å². The predicted octanol–water partition coefficient (Wildman–Crippen LogP) is 2.06. The SMILES string of the molecule is CCCC/C(N)=C/N(N)c1ccc(C(=O)O)cc1. The first kappa shape index (κ1) is 14.1. The van der Waals surface area contributed by atoms with Crippen LogP contribution in [0.3, 0.4) is 0 Å². The summed E-state index contributed by atoms with van der Waals surface area (Å²) in [6.45, 7) is 2.10. The molecule has 18 heavy (non-hydrogen) atoms. The fourth-order valence-corrected chi connectivity index (χ4v) is 1.47. The van der Waals surface area contributed by atoms with E-state index in [4.69, 9.17) is 16.7 Å². The van der Waals surface area contributed by atoms with E-state index >= 15 is 0 Å². The Morgan fingerprint density at radius 1 is 1.39 bits per heavy atom. The molecule has 1 rings (SSSR count). The number of carboxylic acid groups (broad SMARTS) is 1. The summed E-state index contributed by atoms with van der Waals surface area (Å²) in [5.41, 5.74) is 7.46. The quantitative estimate of drug-likeness (QED) is 0.530. The molecule has 0 saturated heterocycles. The molecule has 5 heteroatoms. The first-order valence-electron chi connectivity index (χ1n) is 5.88. The average molecular weight is 249 g/mol. The Balaban J connectivity index is 2.72. The first-order valence-corrected chi connectivity index (χ1v) is 5.88. The van der Waals surface area contributed by atoms with Crippen molar-refractivity contribution in [2.75, 3.05) is 5.01 Å². The van der Waals surface area contributed by atoms with Gasteiger partial charge in [-0.2, -0.15) is 0 Å². The second-order valence-electron chi connectivity index (χ2n) is 4.07. The van der Waals surface area contributed by atoms with E-state index in [1.54, 1.807) is 18.3 Å². The zero-order valence-corrected chi connectivity index (χ0v) is 10.5. The summed E-state index contributed by atoms with van der Waals surface area (Å²) in [5.74, 6) is 4.87. The van der Waals surface area contributed by atoms with Gasteiger partial charge >= 0.3 is 5.97 Å². The van der Waals surface area contributed by atoms with Gasteiger partial charge in [0.2, 0.25) is 0 Å². The highest BCUT2D eigenvalue weighted by atomic mass is 16.4. The normalized spacial score (nSPS) is 11.3. The maximum atomic E-state index is 10.7. The topological polar surface area (TPSA) is 92.6 Å². The van der Waals surface area contributed by atoms with E-state index in [0.717, 1.165) is 19.3 Å². The molecule has 0 fully saturated rings. The van der Waals surface area contributed by atoms with Gasteiger partial charge in [-0.1, -0.05) is 13.3 Å². The van der Waals surface area contributed by atoms with Crippen molar-refractivity contribution in [1.29, 1.82) is 0 Å². The van der Waals surface area contributed by atoms with Crippen LogP contribution in [0.4, 0.5) is 5.69 Å². The molecule has 0 bridgehead atoms. The Kier molecular flexibility index (Phi) is 5.20. The molecule has 0 aliphatic heterocycles. The third-order valence-electron chi connectivity index (χ3n) is 2.54. The molecule has 98 valence electrons. The molecular formula is C13H19N3O2. The lowest BCUT2D eigenvalue weighted by atomic mass is 10.2. The highest BCUT2D eigenvalue weighted by molar-refractivity contribution is 5.88.